The van der Waals surface area contributed by atoms with Crippen molar-refractivity contribution in [3.8, 4) is 17.2 Å². The molecule has 1 heterocycles. The van der Waals surface area contributed by atoms with E-state index in [1.54, 1.807) is 32.4 Å². The molecule has 6 nitrogen and oxygen atoms in total. The molecule has 0 saturated heterocycles. The van der Waals surface area contributed by atoms with Gasteiger partial charge in [-0.15, -0.1) is 0 Å². The average molecular weight is 376 g/mol. The number of carbonyl (C=O) groups excluding carboxylic acids is 1. The maximum atomic E-state index is 12.3. The van der Waals surface area contributed by atoms with Crippen molar-refractivity contribution in [2.75, 3.05) is 26.1 Å². The molecule has 0 bridgehead atoms. The van der Waals surface area contributed by atoms with Crippen LogP contribution in [0.2, 0.25) is 0 Å². The zero-order valence-corrected chi connectivity index (χ0v) is 15.6. The van der Waals surface area contributed by atoms with E-state index in [0.29, 0.717) is 22.9 Å². The summed E-state index contributed by atoms with van der Waals surface area (Å²) in [5.74, 6) is 1.50. The van der Waals surface area contributed by atoms with Crippen LogP contribution in [0.15, 0.2) is 60.7 Å². The van der Waals surface area contributed by atoms with Crippen LogP contribution in [0.5, 0.6) is 17.2 Å². The van der Waals surface area contributed by atoms with Crippen molar-refractivity contribution in [2.24, 2.45) is 0 Å². The van der Waals surface area contributed by atoms with Gasteiger partial charge in [-0.1, -0.05) is 18.2 Å². The SMILES string of the molecule is COc1ccc(OC)c(NC(=O)COc2ccc3c(c2)[nH]c2ccccc23)c1. The third-order valence-corrected chi connectivity index (χ3v) is 4.53. The third kappa shape index (κ3) is 3.44. The second-order valence-corrected chi connectivity index (χ2v) is 6.28. The van der Waals surface area contributed by atoms with Crippen molar-refractivity contribution in [3.05, 3.63) is 60.7 Å². The van der Waals surface area contributed by atoms with Gasteiger partial charge in [-0.05, 0) is 30.3 Å². The number of benzene rings is 3. The van der Waals surface area contributed by atoms with Crippen LogP contribution >= 0.6 is 0 Å². The van der Waals surface area contributed by atoms with Gasteiger partial charge in [0.25, 0.3) is 5.91 Å². The number of rotatable bonds is 6. The summed E-state index contributed by atoms with van der Waals surface area (Å²) in [6, 6.07) is 19.1. The van der Waals surface area contributed by atoms with Crippen LogP contribution in [0.4, 0.5) is 5.69 Å². The molecule has 0 saturated carbocycles. The van der Waals surface area contributed by atoms with Crippen LogP contribution in [-0.4, -0.2) is 31.7 Å². The number of nitrogens with one attached hydrogen (secondary N) is 2. The molecule has 1 amide bonds. The number of aromatic amines is 1. The number of fused-ring (bicyclic) bond motifs is 3. The number of H-pyrrole nitrogens is 1. The molecule has 0 aliphatic rings. The van der Waals surface area contributed by atoms with Crippen molar-refractivity contribution in [1.29, 1.82) is 0 Å². The Hall–Kier alpha value is -3.67. The Bertz CT molecular complexity index is 1150. The van der Waals surface area contributed by atoms with Gasteiger partial charge in [0.15, 0.2) is 6.61 Å². The number of para-hydroxylation sites is 1. The van der Waals surface area contributed by atoms with Crippen molar-refractivity contribution in [2.45, 2.75) is 0 Å². The number of anilines is 1. The Morgan fingerprint density at radius 3 is 2.50 bits per heavy atom. The van der Waals surface area contributed by atoms with Gasteiger partial charge in [-0.25, -0.2) is 0 Å². The number of amides is 1. The standard InChI is InChI=1S/C22H20N2O4/c1-26-14-8-10-21(27-2)20(11-14)24-22(25)13-28-15-7-9-17-16-5-3-4-6-18(16)23-19(17)12-15/h3-12,23H,13H2,1-2H3,(H,24,25). The van der Waals surface area contributed by atoms with E-state index >= 15 is 0 Å². The summed E-state index contributed by atoms with van der Waals surface area (Å²) in [6.07, 6.45) is 0. The predicted octanol–water partition coefficient (Wildman–Crippen LogP) is 4.36. The van der Waals surface area contributed by atoms with Gasteiger partial charge in [-0.2, -0.15) is 0 Å². The average Bonchev–Trinajstić information content (AvgIpc) is 3.10. The lowest BCUT2D eigenvalue weighted by molar-refractivity contribution is -0.118. The third-order valence-electron chi connectivity index (χ3n) is 4.53. The lowest BCUT2D eigenvalue weighted by Gasteiger charge is -2.12. The molecule has 0 spiro atoms. The lowest BCUT2D eigenvalue weighted by Crippen LogP contribution is -2.20. The summed E-state index contributed by atoms with van der Waals surface area (Å²) in [5.41, 5.74) is 2.56. The molecule has 6 heteroatoms. The molecular formula is C22H20N2O4. The normalized spacial score (nSPS) is 10.8. The summed E-state index contributed by atoms with van der Waals surface area (Å²) in [5, 5.41) is 5.07. The summed E-state index contributed by atoms with van der Waals surface area (Å²) in [7, 11) is 3.11. The van der Waals surface area contributed by atoms with E-state index in [9.17, 15) is 4.79 Å². The van der Waals surface area contributed by atoms with Crippen molar-refractivity contribution in [3.63, 3.8) is 0 Å². The smallest absolute Gasteiger partial charge is 0.262 e. The first-order valence-electron chi connectivity index (χ1n) is 8.83. The monoisotopic (exact) mass is 376 g/mol. The quantitative estimate of drug-likeness (QED) is 0.525. The number of carbonyl (C=O) groups is 1. The molecular weight excluding hydrogens is 356 g/mol. The molecule has 0 radical (unpaired) electrons. The Morgan fingerprint density at radius 1 is 0.893 bits per heavy atom. The van der Waals surface area contributed by atoms with E-state index in [-0.39, 0.29) is 12.5 Å². The van der Waals surface area contributed by atoms with E-state index in [1.165, 1.54) is 0 Å². The first-order chi connectivity index (χ1) is 13.7. The highest BCUT2D eigenvalue weighted by Crippen LogP contribution is 2.30. The number of methoxy groups -OCH3 is 2. The summed E-state index contributed by atoms with van der Waals surface area (Å²) in [6.45, 7) is -0.119. The fourth-order valence-electron chi connectivity index (χ4n) is 3.17. The second-order valence-electron chi connectivity index (χ2n) is 6.28. The summed E-state index contributed by atoms with van der Waals surface area (Å²) >= 11 is 0. The van der Waals surface area contributed by atoms with Crippen LogP contribution in [0, 0.1) is 0 Å². The van der Waals surface area contributed by atoms with Crippen LogP contribution in [0.1, 0.15) is 0 Å². The maximum absolute atomic E-state index is 12.3. The Labute approximate surface area is 162 Å². The molecule has 4 aromatic rings. The number of hydrogen-bond donors (Lipinski definition) is 2. The van der Waals surface area contributed by atoms with Crippen molar-refractivity contribution in [1.82, 2.24) is 4.98 Å². The van der Waals surface area contributed by atoms with E-state index in [0.717, 1.165) is 21.8 Å². The fourth-order valence-corrected chi connectivity index (χ4v) is 3.17. The van der Waals surface area contributed by atoms with Crippen LogP contribution in [0.25, 0.3) is 21.8 Å². The minimum absolute atomic E-state index is 0.119. The number of hydrogen-bond acceptors (Lipinski definition) is 4. The molecule has 142 valence electrons. The highest BCUT2D eigenvalue weighted by molar-refractivity contribution is 6.07. The van der Waals surface area contributed by atoms with E-state index in [4.69, 9.17) is 14.2 Å². The molecule has 28 heavy (non-hydrogen) atoms. The topological polar surface area (TPSA) is 72.6 Å². The second kappa shape index (κ2) is 7.52. The first kappa shape index (κ1) is 17.7. The highest BCUT2D eigenvalue weighted by atomic mass is 16.5. The fraction of sp³-hybridized carbons (Fsp3) is 0.136. The maximum Gasteiger partial charge on any atom is 0.262 e. The molecule has 1 aromatic heterocycles. The molecule has 4 rings (SSSR count). The lowest BCUT2D eigenvalue weighted by atomic mass is 10.1. The number of aromatic nitrogens is 1. The zero-order chi connectivity index (χ0) is 19.5. The van der Waals surface area contributed by atoms with Gasteiger partial charge in [0.1, 0.15) is 17.2 Å². The van der Waals surface area contributed by atoms with Gasteiger partial charge in [-0.3, -0.25) is 4.79 Å². The van der Waals surface area contributed by atoms with Crippen LogP contribution in [0.3, 0.4) is 0 Å². The Kier molecular flexibility index (Phi) is 4.76. The van der Waals surface area contributed by atoms with E-state index in [2.05, 4.69) is 16.4 Å². The Balaban J connectivity index is 1.47. The molecule has 0 aliphatic carbocycles. The minimum Gasteiger partial charge on any atom is -0.497 e. The highest BCUT2D eigenvalue weighted by Gasteiger charge is 2.11. The van der Waals surface area contributed by atoms with Gasteiger partial charge < -0.3 is 24.5 Å². The molecule has 3 aromatic carbocycles. The summed E-state index contributed by atoms with van der Waals surface area (Å²) < 4.78 is 16.1. The largest absolute Gasteiger partial charge is 0.497 e. The molecule has 2 N–H and O–H groups in total. The molecule has 0 atom stereocenters. The van der Waals surface area contributed by atoms with Crippen LogP contribution in [-0.2, 0) is 4.79 Å². The van der Waals surface area contributed by atoms with Gasteiger partial charge in [0, 0.05) is 28.4 Å². The molecule has 0 unspecified atom stereocenters. The molecule has 0 fully saturated rings. The zero-order valence-electron chi connectivity index (χ0n) is 15.6. The van der Waals surface area contributed by atoms with Crippen molar-refractivity contribution < 1.29 is 19.0 Å². The molecule has 0 aliphatic heterocycles. The van der Waals surface area contributed by atoms with Gasteiger partial charge >= 0.3 is 0 Å². The number of ether oxygens (including phenoxy) is 3. The van der Waals surface area contributed by atoms with Crippen molar-refractivity contribution >= 4 is 33.4 Å². The Morgan fingerprint density at radius 2 is 1.68 bits per heavy atom. The predicted molar refractivity (Wildman–Crippen MR) is 109 cm³/mol. The van der Waals surface area contributed by atoms with E-state index in [1.807, 2.05) is 36.4 Å². The minimum atomic E-state index is -0.289. The van der Waals surface area contributed by atoms with Gasteiger partial charge in [0.05, 0.1) is 25.4 Å². The van der Waals surface area contributed by atoms with Gasteiger partial charge in [0.2, 0.25) is 0 Å². The van der Waals surface area contributed by atoms with E-state index < -0.39 is 0 Å². The first-order valence-corrected chi connectivity index (χ1v) is 8.83. The summed E-state index contributed by atoms with van der Waals surface area (Å²) in [4.78, 5) is 15.7. The van der Waals surface area contributed by atoms with Crippen LogP contribution < -0.4 is 19.5 Å².